The first-order chi connectivity index (χ1) is 16.4. The monoisotopic (exact) mass is 453 g/mol. The van der Waals surface area contributed by atoms with Gasteiger partial charge in [-0.15, -0.1) is 0 Å². The van der Waals surface area contributed by atoms with Gasteiger partial charge in [-0.1, -0.05) is 37.3 Å². The predicted molar refractivity (Wildman–Crippen MR) is 135 cm³/mol. The van der Waals surface area contributed by atoms with E-state index in [-0.39, 0.29) is 18.1 Å². The second kappa shape index (κ2) is 11.5. The van der Waals surface area contributed by atoms with Crippen molar-refractivity contribution in [2.24, 2.45) is 0 Å². The lowest BCUT2D eigenvalue weighted by Crippen LogP contribution is -2.20. The van der Waals surface area contributed by atoms with E-state index in [0.29, 0.717) is 22.7 Å². The summed E-state index contributed by atoms with van der Waals surface area (Å²) in [5.74, 6) is -0.321. The van der Waals surface area contributed by atoms with Crippen LogP contribution in [-0.2, 0) is 16.0 Å². The Bertz CT molecular complexity index is 1250. The first-order valence-corrected chi connectivity index (χ1v) is 11.0. The van der Waals surface area contributed by atoms with Gasteiger partial charge in [0.25, 0.3) is 11.8 Å². The predicted octanol–water partition coefficient (Wildman–Crippen LogP) is 5.43. The maximum Gasteiger partial charge on any atom is 0.266 e. The zero-order valence-corrected chi connectivity index (χ0v) is 19.5. The molecule has 2 N–H and O–H groups in total. The number of hydrogen-bond acceptors (Lipinski definition) is 4. The molecule has 0 unspecified atom stereocenters. The number of aryl methyl sites for hydroxylation is 3. The van der Waals surface area contributed by atoms with Crippen LogP contribution in [0.3, 0.4) is 0 Å². The van der Waals surface area contributed by atoms with Crippen LogP contribution >= 0.6 is 0 Å². The molecule has 172 valence electrons. The van der Waals surface area contributed by atoms with Crippen molar-refractivity contribution in [2.75, 3.05) is 17.2 Å². The molecule has 6 heteroatoms. The Labute approximate surface area is 199 Å². The molecule has 6 nitrogen and oxygen atoms in total. The molecule has 0 radical (unpaired) electrons. The van der Waals surface area contributed by atoms with Gasteiger partial charge in [0.1, 0.15) is 17.4 Å². The Kier molecular flexibility index (Phi) is 8.20. The second-order valence-corrected chi connectivity index (χ2v) is 7.88. The Morgan fingerprint density at radius 2 is 1.68 bits per heavy atom. The molecule has 2 amide bonds. The summed E-state index contributed by atoms with van der Waals surface area (Å²) < 4.78 is 5.60. The van der Waals surface area contributed by atoms with Gasteiger partial charge in [0.2, 0.25) is 0 Å². The molecule has 0 aromatic heterocycles. The van der Waals surface area contributed by atoms with Gasteiger partial charge in [-0.25, -0.2) is 0 Å². The molecule has 34 heavy (non-hydrogen) atoms. The lowest BCUT2D eigenvalue weighted by atomic mass is 10.1. The number of hydrogen-bond donors (Lipinski definition) is 2. The summed E-state index contributed by atoms with van der Waals surface area (Å²) in [4.78, 5) is 24.8. The lowest BCUT2D eigenvalue weighted by molar-refractivity contribution is -0.118. The number of nitrogens with one attached hydrogen (secondary N) is 2. The fourth-order valence-electron chi connectivity index (χ4n) is 3.20. The summed E-state index contributed by atoms with van der Waals surface area (Å²) in [5.41, 5.74) is 5.31. The Morgan fingerprint density at radius 3 is 2.35 bits per heavy atom. The molecule has 3 aromatic carbocycles. The molecule has 3 aromatic rings. The molecule has 0 spiro atoms. The lowest BCUT2D eigenvalue weighted by Gasteiger charge is -2.10. The van der Waals surface area contributed by atoms with E-state index in [1.54, 1.807) is 24.3 Å². The third-order valence-electron chi connectivity index (χ3n) is 5.31. The van der Waals surface area contributed by atoms with E-state index in [2.05, 4.69) is 17.6 Å². The fourth-order valence-corrected chi connectivity index (χ4v) is 3.20. The highest BCUT2D eigenvalue weighted by Crippen LogP contribution is 2.18. The molecule has 0 atom stereocenters. The Hall–Kier alpha value is -4.37. The third-order valence-corrected chi connectivity index (χ3v) is 5.31. The molecule has 0 bridgehead atoms. The Balaban J connectivity index is 1.62. The number of benzene rings is 3. The molecule has 0 aliphatic heterocycles. The van der Waals surface area contributed by atoms with E-state index in [9.17, 15) is 14.9 Å². The molecular weight excluding hydrogens is 426 g/mol. The average Bonchev–Trinajstić information content (AvgIpc) is 2.84. The number of nitrogens with zero attached hydrogens (tertiary/aromatic N) is 1. The minimum Gasteiger partial charge on any atom is -0.484 e. The highest BCUT2D eigenvalue weighted by molar-refractivity contribution is 6.09. The van der Waals surface area contributed by atoms with Crippen LogP contribution in [0.25, 0.3) is 6.08 Å². The SMILES string of the molecule is CCc1ccc(NC(=O)/C(C#N)=C\c2cccc(OCC(=O)Nc3ccc(C)c(C)c3)c2)cc1. The van der Waals surface area contributed by atoms with E-state index in [1.165, 1.54) is 6.08 Å². The first-order valence-electron chi connectivity index (χ1n) is 11.0. The molecule has 3 rings (SSSR count). The smallest absolute Gasteiger partial charge is 0.266 e. The molecule has 0 heterocycles. The van der Waals surface area contributed by atoms with E-state index in [4.69, 9.17) is 4.74 Å². The van der Waals surface area contributed by atoms with Gasteiger partial charge in [0.15, 0.2) is 6.61 Å². The summed E-state index contributed by atoms with van der Waals surface area (Å²) in [6, 6.07) is 22.0. The van der Waals surface area contributed by atoms with Crippen LogP contribution in [0.5, 0.6) is 5.75 Å². The van der Waals surface area contributed by atoms with Crippen molar-refractivity contribution >= 4 is 29.3 Å². The van der Waals surface area contributed by atoms with Crippen molar-refractivity contribution < 1.29 is 14.3 Å². The van der Waals surface area contributed by atoms with Crippen LogP contribution in [0.2, 0.25) is 0 Å². The molecular formula is C28H27N3O3. The zero-order chi connectivity index (χ0) is 24.5. The van der Waals surface area contributed by atoms with Gasteiger partial charge in [-0.05, 0) is 85.0 Å². The maximum absolute atomic E-state index is 12.5. The van der Waals surface area contributed by atoms with Crippen molar-refractivity contribution in [3.8, 4) is 11.8 Å². The summed E-state index contributed by atoms with van der Waals surface area (Å²) >= 11 is 0. The van der Waals surface area contributed by atoms with Crippen LogP contribution in [0.4, 0.5) is 11.4 Å². The topological polar surface area (TPSA) is 91.2 Å². The average molecular weight is 454 g/mol. The minimum absolute atomic E-state index is 0.0378. The minimum atomic E-state index is -0.495. The zero-order valence-electron chi connectivity index (χ0n) is 19.5. The summed E-state index contributed by atoms with van der Waals surface area (Å²) in [5, 5.41) is 15.0. The van der Waals surface area contributed by atoms with Gasteiger partial charge in [-0.2, -0.15) is 5.26 Å². The molecule has 0 saturated heterocycles. The number of ether oxygens (including phenoxy) is 1. The van der Waals surface area contributed by atoms with E-state index in [1.807, 2.05) is 62.4 Å². The second-order valence-electron chi connectivity index (χ2n) is 7.88. The maximum atomic E-state index is 12.5. The van der Waals surface area contributed by atoms with Crippen LogP contribution < -0.4 is 15.4 Å². The number of rotatable bonds is 8. The van der Waals surface area contributed by atoms with Gasteiger partial charge in [0, 0.05) is 11.4 Å². The van der Waals surface area contributed by atoms with Crippen molar-refractivity contribution in [1.29, 1.82) is 5.26 Å². The number of carbonyl (C=O) groups is 2. The fraction of sp³-hybridized carbons (Fsp3) is 0.179. The quantitative estimate of drug-likeness (QED) is 0.351. The first kappa shape index (κ1) is 24.3. The van der Waals surface area contributed by atoms with E-state index < -0.39 is 5.91 Å². The highest BCUT2D eigenvalue weighted by Gasteiger charge is 2.10. The summed E-state index contributed by atoms with van der Waals surface area (Å²) in [6.07, 6.45) is 2.39. The van der Waals surface area contributed by atoms with Crippen molar-refractivity contribution in [3.05, 3.63) is 94.6 Å². The van der Waals surface area contributed by atoms with Crippen molar-refractivity contribution in [1.82, 2.24) is 0 Å². The largest absolute Gasteiger partial charge is 0.484 e. The van der Waals surface area contributed by atoms with Crippen molar-refractivity contribution in [2.45, 2.75) is 27.2 Å². The van der Waals surface area contributed by atoms with Gasteiger partial charge >= 0.3 is 0 Å². The number of anilines is 2. The molecule has 0 saturated carbocycles. The van der Waals surface area contributed by atoms with E-state index in [0.717, 1.165) is 23.1 Å². The number of nitriles is 1. The summed E-state index contributed by atoms with van der Waals surface area (Å²) in [7, 11) is 0. The normalized spacial score (nSPS) is 10.8. The number of amides is 2. The third kappa shape index (κ3) is 6.81. The molecule has 0 fully saturated rings. The van der Waals surface area contributed by atoms with Gasteiger partial charge < -0.3 is 15.4 Å². The van der Waals surface area contributed by atoms with Gasteiger partial charge in [0.05, 0.1) is 0 Å². The molecule has 0 aliphatic rings. The summed E-state index contributed by atoms with van der Waals surface area (Å²) in [6.45, 7) is 5.88. The van der Waals surface area contributed by atoms with Crippen molar-refractivity contribution in [3.63, 3.8) is 0 Å². The standard InChI is InChI=1S/C28H27N3O3/c1-4-21-9-12-24(13-10-21)31-28(33)23(17-29)15-22-6-5-7-26(16-22)34-18-27(32)30-25-11-8-19(2)20(3)14-25/h5-16H,4,18H2,1-3H3,(H,30,32)(H,31,33)/b23-15-. The van der Waals surface area contributed by atoms with Crippen LogP contribution in [0.15, 0.2) is 72.3 Å². The van der Waals surface area contributed by atoms with Crippen LogP contribution in [-0.4, -0.2) is 18.4 Å². The highest BCUT2D eigenvalue weighted by atomic mass is 16.5. The van der Waals surface area contributed by atoms with Gasteiger partial charge in [-0.3, -0.25) is 9.59 Å². The Morgan fingerprint density at radius 1 is 0.941 bits per heavy atom. The van der Waals surface area contributed by atoms with Crippen LogP contribution in [0, 0.1) is 25.2 Å². The number of carbonyl (C=O) groups excluding carboxylic acids is 2. The van der Waals surface area contributed by atoms with E-state index >= 15 is 0 Å². The van der Waals surface area contributed by atoms with Crippen LogP contribution in [0.1, 0.15) is 29.2 Å². The molecule has 0 aliphatic carbocycles.